The summed E-state index contributed by atoms with van der Waals surface area (Å²) in [5.74, 6) is 0.995. The monoisotopic (exact) mass is 369 g/mol. The van der Waals surface area contributed by atoms with Crippen molar-refractivity contribution in [3.8, 4) is 11.6 Å². The summed E-state index contributed by atoms with van der Waals surface area (Å²) in [7, 11) is 0. The molecule has 27 heavy (non-hydrogen) atoms. The molecule has 140 valence electrons. The summed E-state index contributed by atoms with van der Waals surface area (Å²) in [5.41, 5.74) is 0.504. The van der Waals surface area contributed by atoms with E-state index in [4.69, 9.17) is 4.74 Å². The van der Waals surface area contributed by atoms with E-state index in [2.05, 4.69) is 15.3 Å². The van der Waals surface area contributed by atoms with E-state index in [-0.39, 0.29) is 11.9 Å². The molecule has 9 nitrogen and oxygen atoms in total. The quantitative estimate of drug-likeness (QED) is 0.711. The van der Waals surface area contributed by atoms with Crippen molar-refractivity contribution in [2.45, 2.75) is 13.8 Å². The molecule has 0 saturated carbocycles. The highest BCUT2D eigenvalue weighted by Gasteiger charge is 2.13. The van der Waals surface area contributed by atoms with Crippen LogP contribution in [0.4, 0.5) is 15.4 Å². The zero-order valence-corrected chi connectivity index (χ0v) is 14.9. The summed E-state index contributed by atoms with van der Waals surface area (Å²) in [6.07, 6.45) is 1.66. The van der Waals surface area contributed by atoms with Crippen molar-refractivity contribution in [2.24, 2.45) is 0 Å². The van der Waals surface area contributed by atoms with Gasteiger partial charge >= 0.3 is 12.1 Å². The zero-order chi connectivity index (χ0) is 19.4. The number of nitrogens with one attached hydrogen (secondary N) is 1. The summed E-state index contributed by atoms with van der Waals surface area (Å²) in [4.78, 5) is 33.1. The van der Waals surface area contributed by atoms with Crippen LogP contribution in [0.3, 0.4) is 0 Å². The predicted octanol–water partition coefficient (Wildman–Crippen LogP) is 3.62. The first-order chi connectivity index (χ1) is 13.0. The molecule has 0 aliphatic heterocycles. The molecular formula is C18H19N5O4. The number of carbonyl (C=O) groups excluding carboxylic acids is 1. The van der Waals surface area contributed by atoms with Crippen LogP contribution in [0.2, 0.25) is 0 Å². The number of hydrogen-bond donors (Lipinski definition) is 2. The minimum absolute atomic E-state index is 0.232. The van der Waals surface area contributed by atoms with Crippen LogP contribution < -0.4 is 10.1 Å². The molecule has 0 unspecified atom stereocenters. The number of nitrogens with zero attached hydrogens (tertiary/aromatic N) is 4. The minimum Gasteiger partial charge on any atom is -0.464 e. The number of carboxylic acid groups (broad SMARTS) is 1. The summed E-state index contributed by atoms with van der Waals surface area (Å²) in [6.45, 7) is 4.95. The molecule has 0 fully saturated rings. The molecule has 2 amide bonds. The maximum Gasteiger partial charge on any atom is 0.416 e. The van der Waals surface area contributed by atoms with Gasteiger partial charge in [-0.1, -0.05) is 6.07 Å². The third-order valence-corrected chi connectivity index (χ3v) is 4.04. The van der Waals surface area contributed by atoms with Gasteiger partial charge in [0, 0.05) is 30.7 Å². The molecule has 0 radical (unpaired) electrons. The van der Waals surface area contributed by atoms with Crippen molar-refractivity contribution < 1.29 is 19.4 Å². The summed E-state index contributed by atoms with van der Waals surface area (Å²) < 4.78 is 6.91. The number of ether oxygens (including phenoxy) is 1. The normalized spacial score (nSPS) is 10.6. The van der Waals surface area contributed by atoms with Crippen LogP contribution in [-0.2, 0) is 0 Å². The lowest BCUT2D eigenvalue weighted by Crippen LogP contribution is -2.34. The Morgan fingerprint density at radius 1 is 1.22 bits per heavy atom. The highest BCUT2D eigenvalue weighted by molar-refractivity contribution is 5.93. The first kappa shape index (κ1) is 18.2. The molecule has 0 atom stereocenters. The molecule has 1 aromatic carbocycles. The average molecular weight is 369 g/mol. The molecule has 9 heteroatoms. The van der Waals surface area contributed by atoms with E-state index in [9.17, 15) is 14.7 Å². The molecule has 0 bridgehead atoms. The number of anilines is 1. The van der Waals surface area contributed by atoms with E-state index < -0.39 is 6.09 Å². The van der Waals surface area contributed by atoms with Gasteiger partial charge in [0.25, 0.3) is 0 Å². The van der Waals surface area contributed by atoms with E-state index in [0.29, 0.717) is 35.6 Å². The summed E-state index contributed by atoms with van der Waals surface area (Å²) in [5, 5.41) is 12.5. The molecule has 0 aliphatic carbocycles. The average Bonchev–Trinajstić information content (AvgIpc) is 3.08. The maximum atomic E-state index is 12.1. The van der Waals surface area contributed by atoms with Gasteiger partial charge in [-0.05, 0) is 32.0 Å². The van der Waals surface area contributed by atoms with Gasteiger partial charge in [0.15, 0.2) is 0 Å². The summed E-state index contributed by atoms with van der Waals surface area (Å²) in [6, 6.07) is 8.00. The number of amides is 2. The Balaban J connectivity index is 1.84. The van der Waals surface area contributed by atoms with Gasteiger partial charge in [0.05, 0.1) is 5.52 Å². The predicted molar refractivity (Wildman–Crippen MR) is 99.4 cm³/mol. The van der Waals surface area contributed by atoms with Crippen molar-refractivity contribution in [3.63, 3.8) is 0 Å². The lowest BCUT2D eigenvalue weighted by Gasteiger charge is -2.18. The molecule has 0 aliphatic rings. The van der Waals surface area contributed by atoms with Gasteiger partial charge < -0.3 is 14.7 Å². The highest BCUT2D eigenvalue weighted by atomic mass is 16.5. The van der Waals surface area contributed by atoms with Gasteiger partial charge in [0.1, 0.15) is 17.9 Å². The SMILES string of the molecule is CCN(CC)C(=O)Nc1cc(Oc2cccc3c2ccn3C(=O)O)ncn1. The molecule has 2 heterocycles. The zero-order valence-electron chi connectivity index (χ0n) is 14.9. The largest absolute Gasteiger partial charge is 0.464 e. The van der Waals surface area contributed by atoms with Crippen LogP contribution in [0.15, 0.2) is 42.9 Å². The van der Waals surface area contributed by atoms with Crippen molar-refractivity contribution in [3.05, 3.63) is 42.9 Å². The smallest absolute Gasteiger partial charge is 0.416 e. The minimum atomic E-state index is -1.08. The Labute approximate surface area is 155 Å². The second kappa shape index (κ2) is 7.73. The van der Waals surface area contributed by atoms with Crippen molar-refractivity contribution >= 4 is 28.8 Å². The van der Waals surface area contributed by atoms with E-state index in [0.717, 1.165) is 4.57 Å². The Hall–Kier alpha value is -3.62. The van der Waals surface area contributed by atoms with Crippen molar-refractivity contribution in [1.82, 2.24) is 19.4 Å². The number of urea groups is 1. The Morgan fingerprint density at radius 3 is 2.70 bits per heavy atom. The standard InChI is InChI=1S/C18H19N5O4/c1-3-22(4-2)17(24)21-15-10-16(20-11-19-15)27-14-7-5-6-13-12(14)8-9-23(13)18(25)26/h5-11H,3-4H2,1-2H3,(H,25,26)(H,19,20,21,24). The van der Waals surface area contributed by atoms with Crippen molar-refractivity contribution in [2.75, 3.05) is 18.4 Å². The first-order valence-electron chi connectivity index (χ1n) is 8.42. The Kier molecular flexibility index (Phi) is 5.20. The van der Waals surface area contributed by atoms with Crippen LogP contribution in [0, 0.1) is 0 Å². The fourth-order valence-electron chi connectivity index (χ4n) is 2.67. The van der Waals surface area contributed by atoms with Crippen LogP contribution >= 0.6 is 0 Å². The fourth-order valence-corrected chi connectivity index (χ4v) is 2.67. The molecule has 0 spiro atoms. The third kappa shape index (κ3) is 3.81. The van der Waals surface area contributed by atoms with E-state index in [1.807, 2.05) is 13.8 Å². The number of fused-ring (bicyclic) bond motifs is 1. The molecule has 2 aromatic heterocycles. The highest BCUT2D eigenvalue weighted by Crippen LogP contribution is 2.30. The van der Waals surface area contributed by atoms with E-state index in [1.54, 1.807) is 29.2 Å². The van der Waals surface area contributed by atoms with E-state index >= 15 is 0 Å². The number of hydrogen-bond acceptors (Lipinski definition) is 5. The van der Waals surface area contributed by atoms with Crippen LogP contribution in [-0.4, -0.2) is 49.8 Å². The molecule has 2 N–H and O–H groups in total. The molecule has 0 saturated heterocycles. The van der Waals surface area contributed by atoms with Gasteiger partial charge in [0.2, 0.25) is 5.88 Å². The van der Waals surface area contributed by atoms with Crippen LogP contribution in [0.1, 0.15) is 13.8 Å². The van der Waals surface area contributed by atoms with Gasteiger partial charge in [-0.15, -0.1) is 0 Å². The third-order valence-electron chi connectivity index (χ3n) is 4.04. The second-order valence-corrected chi connectivity index (χ2v) is 5.60. The lowest BCUT2D eigenvalue weighted by atomic mass is 10.2. The number of aromatic nitrogens is 3. The molecular weight excluding hydrogens is 350 g/mol. The number of benzene rings is 1. The van der Waals surface area contributed by atoms with E-state index in [1.165, 1.54) is 18.6 Å². The topological polar surface area (TPSA) is 110 Å². The number of rotatable bonds is 5. The van der Waals surface area contributed by atoms with Crippen LogP contribution in [0.5, 0.6) is 11.6 Å². The number of carbonyl (C=O) groups is 2. The van der Waals surface area contributed by atoms with Crippen LogP contribution in [0.25, 0.3) is 10.9 Å². The van der Waals surface area contributed by atoms with Gasteiger partial charge in [-0.3, -0.25) is 9.88 Å². The molecule has 3 rings (SSSR count). The fraction of sp³-hybridized carbons (Fsp3) is 0.222. The van der Waals surface area contributed by atoms with Crippen molar-refractivity contribution in [1.29, 1.82) is 0 Å². The Bertz CT molecular complexity index is 981. The van der Waals surface area contributed by atoms with Gasteiger partial charge in [-0.2, -0.15) is 0 Å². The second-order valence-electron chi connectivity index (χ2n) is 5.60. The maximum absolute atomic E-state index is 12.1. The molecule has 3 aromatic rings. The Morgan fingerprint density at radius 2 is 2.00 bits per heavy atom. The summed E-state index contributed by atoms with van der Waals surface area (Å²) >= 11 is 0. The van der Waals surface area contributed by atoms with Gasteiger partial charge in [-0.25, -0.2) is 19.6 Å². The first-order valence-corrected chi connectivity index (χ1v) is 8.42. The lowest BCUT2D eigenvalue weighted by molar-refractivity contribution is 0.197.